The van der Waals surface area contributed by atoms with Crippen molar-refractivity contribution in [2.45, 2.75) is 24.8 Å². The minimum Gasteiger partial charge on any atom is -0.398 e. The highest BCUT2D eigenvalue weighted by Gasteiger charge is 2.20. The first-order chi connectivity index (χ1) is 7.77. The molecule has 1 atom stereocenters. The molecule has 0 aliphatic carbocycles. The van der Waals surface area contributed by atoms with Crippen LogP contribution in [0.5, 0.6) is 0 Å². The van der Waals surface area contributed by atoms with E-state index >= 15 is 0 Å². The van der Waals surface area contributed by atoms with E-state index in [0.717, 1.165) is 0 Å². The van der Waals surface area contributed by atoms with Crippen LogP contribution in [0.25, 0.3) is 0 Å². The number of sulfonamides is 1. The molecule has 0 bridgehead atoms. The third-order valence-corrected chi connectivity index (χ3v) is 4.63. The van der Waals surface area contributed by atoms with E-state index in [2.05, 4.69) is 20.7 Å². The second kappa shape index (κ2) is 5.34. The van der Waals surface area contributed by atoms with Crippen LogP contribution in [0.3, 0.4) is 0 Å². The molecule has 0 aliphatic heterocycles. The third-order valence-electron chi connectivity index (χ3n) is 2.21. The van der Waals surface area contributed by atoms with Crippen LogP contribution in [-0.2, 0) is 10.0 Å². The van der Waals surface area contributed by atoms with Gasteiger partial charge in [0.2, 0.25) is 10.0 Å². The Balaban J connectivity index is 3.20. The Morgan fingerprint density at radius 2 is 2.12 bits per heavy atom. The van der Waals surface area contributed by atoms with Crippen molar-refractivity contribution >= 4 is 31.6 Å². The van der Waals surface area contributed by atoms with E-state index in [1.165, 1.54) is 6.07 Å². The van der Waals surface area contributed by atoms with Gasteiger partial charge in [0, 0.05) is 16.2 Å². The van der Waals surface area contributed by atoms with Crippen molar-refractivity contribution in [3.05, 3.63) is 22.2 Å². The molecule has 7 heteroatoms. The quantitative estimate of drug-likeness (QED) is 0.721. The van der Waals surface area contributed by atoms with Crippen LogP contribution in [0.2, 0.25) is 0 Å². The number of nitrogens with one attached hydrogen (secondary N) is 1. The standard InChI is InChI=1S/C10H15BrN2O3S/c1-6-3-8(11)9(12)4-10(6)17(15,16)13-7(2)5-14/h3-4,7,13-14H,5,12H2,1-2H3. The van der Waals surface area contributed by atoms with Crippen LogP contribution in [-0.4, -0.2) is 26.2 Å². The second-order valence-corrected chi connectivity index (χ2v) is 6.38. The van der Waals surface area contributed by atoms with Crippen molar-refractivity contribution in [3.8, 4) is 0 Å². The Labute approximate surface area is 109 Å². The summed E-state index contributed by atoms with van der Waals surface area (Å²) in [4.78, 5) is 0.124. The lowest BCUT2D eigenvalue weighted by Crippen LogP contribution is -2.35. The van der Waals surface area contributed by atoms with Crippen molar-refractivity contribution in [1.29, 1.82) is 0 Å². The topological polar surface area (TPSA) is 92.4 Å². The van der Waals surface area contributed by atoms with Crippen LogP contribution >= 0.6 is 15.9 Å². The molecule has 5 nitrogen and oxygen atoms in total. The molecular formula is C10H15BrN2O3S. The van der Waals surface area contributed by atoms with Crippen molar-refractivity contribution in [2.75, 3.05) is 12.3 Å². The minimum atomic E-state index is -3.65. The van der Waals surface area contributed by atoms with Crippen LogP contribution in [0.4, 0.5) is 5.69 Å². The summed E-state index contributed by atoms with van der Waals surface area (Å²) >= 11 is 3.23. The number of nitrogens with two attached hydrogens (primary N) is 1. The van der Waals surface area contributed by atoms with Gasteiger partial charge in [-0.2, -0.15) is 0 Å². The lowest BCUT2D eigenvalue weighted by Gasteiger charge is -2.14. The smallest absolute Gasteiger partial charge is 0.241 e. The molecule has 17 heavy (non-hydrogen) atoms. The van der Waals surface area contributed by atoms with Crippen molar-refractivity contribution in [1.82, 2.24) is 4.72 Å². The number of rotatable bonds is 4. The van der Waals surface area contributed by atoms with E-state index in [1.807, 2.05) is 0 Å². The fourth-order valence-corrected chi connectivity index (χ4v) is 3.28. The van der Waals surface area contributed by atoms with Gasteiger partial charge in [-0.25, -0.2) is 13.1 Å². The number of hydrogen-bond acceptors (Lipinski definition) is 4. The molecule has 0 aliphatic rings. The number of halogens is 1. The molecule has 0 saturated carbocycles. The first-order valence-electron chi connectivity index (χ1n) is 4.96. The zero-order valence-electron chi connectivity index (χ0n) is 9.57. The fourth-order valence-electron chi connectivity index (χ4n) is 1.32. The SMILES string of the molecule is Cc1cc(Br)c(N)cc1S(=O)(=O)NC(C)CO. The van der Waals surface area contributed by atoms with Gasteiger partial charge in [0.15, 0.2) is 0 Å². The maximum atomic E-state index is 12.0. The van der Waals surface area contributed by atoms with Gasteiger partial charge in [-0.1, -0.05) is 0 Å². The Hall–Kier alpha value is -0.630. The molecule has 1 unspecified atom stereocenters. The summed E-state index contributed by atoms with van der Waals surface area (Å²) in [7, 11) is -3.65. The zero-order chi connectivity index (χ0) is 13.2. The first kappa shape index (κ1) is 14.4. The van der Waals surface area contributed by atoms with Gasteiger partial charge in [-0.15, -0.1) is 0 Å². The second-order valence-electron chi connectivity index (χ2n) is 3.84. The number of hydrogen-bond donors (Lipinski definition) is 3. The highest BCUT2D eigenvalue weighted by molar-refractivity contribution is 9.10. The largest absolute Gasteiger partial charge is 0.398 e. The summed E-state index contributed by atoms with van der Waals surface area (Å²) in [5, 5.41) is 8.85. The molecule has 0 fully saturated rings. The van der Waals surface area contributed by atoms with E-state index in [4.69, 9.17) is 10.8 Å². The molecule has 0 aromatic heterocycles. The van der Waals surface area contributed by atoms with E-state index in [-0.39, 0.29) is 11.5 Å². The normalized spacial score (nSPS) is 13.6. The lowest BCUT2D eigenvalue weighted by atomic mass is 10.2. The lowest BCUT2D eigenvalue weighted by molar-refractivity contribution is 0.265. The van der Waals surface area contributed by atoms with Crippen LogP contribution in [0.1, 0.15) is 12.5 Å². The number of aliphatic hydroxyl groups is 1. The third kappa shape index (κ3) is 3.41. The number of nitrogen functional groups attached to an aromatic ring is 1. The van der Waals surface area contributed by atoms with Crippen molar-refractivity contribution in [2.24, 2.45) is 0 Å². The van der Waals surface area contributed by atoms with Crippen molar-refractivity contribution < 1.29 is 13.5 Å². The average molecular weight is 323 g/mol. The van der Waals surface area contributed by atoms with Crippen LogP contribution in [0, 0.1) is 6.92 Å². The molecule has 1 aromatic carbocycles. The van der Waals surface area contributed by atoms with Crippen LogP contribution in [0.15, 0.2) is 21.5 Å². The Kier molecular flexibility index (Phi) is 4.54. The van der Waals surface area contributed by atoms with E-state index in [1.54, 1.807) is 19.9 Å². The molecule has 0 radical (unpaired) electrons. The maximum absolute atomic E-state index is 12.0. The number of benzene rings is 1. The maximum Gasteiger partial charge on any atom is 0.241 e. The summed E-state index contributed by atoms with van der Waals surface area (Å²) in [6.45, 7) is 3.00. The highest BCUT2D eigenvalue weighted by Crippen LogP contribution is 2.26. The summed E-state index contributed by atoms with van der Waals surface area (Å²) < 4.78 is 27.0. The molecule has 0 amide bonds. The Morgan fingerprint density at radius 3 is 2.65 bits per heavy atom. The highest BCUT2D eigenvalue weighted by atomic mass is 79.9. The van der Waals surface area contributed by atoms with E-state index in [9.17, 15) is 8.42 Å². The minimum absolute atomic E-state index is 0.124. The molecule has 0 spiro atoms. The van der Waals surface area contributed by atoms with Gasteiger partial charge in [-0.3, -0.25) is 0 Å². The Morgan fingerprint density at radius 1 is 1.53 bits per heavy atom. The van der Waals surface area contributed by atoms with Gasteiger partial charge >= 0.3 is 0 Å². The van der Waals surface area contributed by atoms with Crippen LogP contribution < -0.4 is 10.5 Å². The first-order valence-corrected chi connectivity index (χ1v) is 7.24. The molecule has 0 heterocycles. The van der Waals surface area contributed by atoms with Gasteiger partial charge in [0.1, 0.15) is 0 Å². The molecular weight excluding hydrogens is 308 g/mol. The average Bonchev–Trinajstić information content (AvgIpc) is 2.22. The predicted octanol–water partition coefficient (Wildman–Crippen LogP) is 0.999. The van der Waals surface area contributed by atoms with Crippen molar-refractivity contribution in [3.63, 3.8) is 0 Å². The van der Waals surface area contributed by atoms with Gasteiger partial charge in [0.25, 0.3) is 0 Å². The van der Waals surface area contributed by atoms with Gasteiger partial charge in [-0.05, 0) is 47.5 Å². The molecule has 1 aromatic rings. The molecule has 0 saturated heterocycles. The monoisotopic (exact) mass is 322 g/mol. The summed E-state index contributed by atoms with van der Waals surface area (Å²) in [5.41, 5.74) is 6.60. The molecule has 4 N–H and O–H groups in total. The fraction of sp³-hybridized carbons (Fsp3) is 0.400. The molecule has 96 valence electrons. The zero-order valence-corrected chi connectivity index (χ0v) is 12.0. The summed E-state index contributed by atoms with van der Waals surface area (Å²) in [6, 6.07) is 2.50. The van der Waals surface area contributed by atoms with E-state index < -0.39 is 16.1 Å². The number of aryl methyl sites for hydroxylation is 1. The Bertz CT molecular complexity index is 517. The van der Waals surface area contributed by atoms with Gasteiger partial charge < -0.3 is 10.8 Å². The number of aliphatic hydroxyl groups excluding tert-OH is 1. The summed E-state index contributed by atoms with van der Waals surface area (Å²) in [5.74, 6) is 0. The predicted molar refractivity (Wildman–Crippen MR) is 70.2 cm³/mol. The number of anilines is 1. The van der Waals surface area contributed by atoms with E-state index in [0.29, 0.717) is 15.7 Å². The van der Waals surface area contributed by atoms with Gasteiger partial charge in [0.05, 0.1) is 11.5 Å². The molecule has 1 rings (SSSR count). The summed E-state index contributed by atoms with van der Waals surface area (Å²) in [6.07, 6.45) is 0.